The number of aromatic nitrogens is 1. The van der Waals surface area contributed by atoms with E-state index in [1.54, 1.807) is 0 Å². The van der Waals surface area contributed by atoms with E-state index in [1.807, 2.05) is 0 Å². The van der Waals surface area contributed by atoms with Crippen LogP contribution in [0.25, 0.3) is 11.1 Å². The second-order valence-corrected chi connectivity index (χ2v) is 4.27. The monoisotopic (exact) mass is 299 g/mol. The lowest BCUT2D eigenvalue weighted by Crippen LogP contribution is -2.12. The fourth-order valence-electron chi connectivity index (χ4n) is 1.83. The van der Waals surface area contributed by atoms with Crippen LogP contribution in [0.5, 0.6) is 0 Å². The number of aliphatic carboxylic acids is 1. The van der Waals surface area contributed by atoms with Crippen LogP contribution < -0.4 is 0 Å². The minimum absolute atomic E-state index is 0.219. The zero-order valence-electron chi connectivity index (χ0n) is 10.5. The third-order valence-corrected chi connectivity index (χ3v) is 2.74. The van der Waals surface area contributed by atoms with Crippen molar-refractivity contribution in [3.63, 3.8) is 0 Å². The van der Waals surface area contributed by atoms with E-state index in [0.29, 0.717) is 5.56 Å². The number of nitrogens with zero attached hydrogens (tertiary/aromatic N) is 1. The van der Waals surface area contributed by atoms with Crippen molar-refractivity contribution in [1.29, 1.82) is 0 Å². The van der Waals surface area contributed by atoms with Gasteiger partial charge in [0.1, 0.15) is 11.5 Å². The third kappa shape index (κ3) is 3.56. The lowest BCUT2D eigenvalue weighted by atomic mass is 10.0. The predicted molar refractivity (Wildman–Crippen MR) is 66.0 cm³/mol. The van der Waals surface area contributed by atoms with Crippen LogP contribution in [0.15, 0.2) is 36.4 Å². The standard InChI is InChI=1S/C14H9F4NO2/c15-9-3-1-8(2-4-9)10-5-6-12(14(16,17)18)19-11(10)7-13(20)21/h1-6H,7H2,(H,20,21). The molecule has 21 heavy (non-hydrogen) atoms. The molecule has 1 N–H and O–H groups in total. The van der Waals surface area contributed by atoms with E-state index >= 15 is 0 Å². The number of rotatable bonds is 3. The van der Waals surface area contributed by atoms with Crippen molar-refractivity contribution in [1.82, 2.24) is 4.98 Å². The normalized spacial score (nSPS) is 11.4. The highest BCUT2D eigenvalue weighted by Gasteiger charge is 2.33. The second kappa shape index (κ2) is 5.51. The molecule has 0 radical (unpaired) electrons. The van der Waals surface area contributed by atoms with Crippen LogP contribution >= 0.6 is 0 Å². The Morgan fingerprint density at radius 3 is 2.24 bits per heavy atom. The van der Waals surface area contributed by atoms with Gasteiger partial charge in [0.15, 0.2) is 0 Å². The lowest BCUT2D eigenvalue weighted by Gasteiger charge is -2.11. The van der Waals surface area contributed by atoms with Crippen molar-refractivity contribution >= 4 is 5.97 Å². The number of benzene rings is 1. The summed E-state index contributed by atoms with van der Waals surface area (Å²) in [6.07, 6.45) is -5.31. The van der Waals surface area contributed by atoms with Gasteiger partial charge in [0, 0.05) is 5.56 Å². The van der Waals surface area contributed by atoms with E-state index in [-0.39, 0.29) is 11.3 Å². The summed E-state index contributed by atoms with van der Waals surface area (Å²) in [5.74, 6) is -1.80. The fraction of sp³-hybridized carbons (Fsp3) is 0.143. The Morgan fingerprint density at radius 2 is 1.71 bits per heavy atom. The van der Waals surface area contributed by atoms with Gasteiger partial charge in [-0.1, -0.05) is 18.2 Å². The molecule has 0 atom stereocenters. The summed E-state index contributed by atoms with van der Waals surface area (Å²) in [6, 6.07) is 6.89. The first-order valence-electron chi connectivity index (χ1n) is 5.82. The summed E-state index contributed by atoms with van der Waals surface area (Å²) in [5.41, 5.74) is -0.757. The summed E-state index contributed by atoms with van der Waals surface area (Å²) >= 11 is 0. The highest BCUT2D eigenvalue weighted by molar-refractivity contribution is 5.75. The molecule has 1 aromatic carbocycles. The molecule has 3 nitrogen and oxygen atoms in total. The fourth-order valence-corrected chi connectivity index (χ4v) is 1.83. The Kier molecular flexibility index (Phi) is 3.93. The van der Waals surface area contributed by atoms with Gasteiger partial charge in [-0.2, -0.15) is 13.2 Å². The Labute approximate surface area is 116 Å². The number of pyridine rings is 1. The first-order chi connectivity index (χ1) is 9.77. The van der Waals surface area contributed by atoms with E-state index in [4.69, 9.17) is 5.11 Å². The lowest BCUT2D eigenvalue weighted by molar-refractivity contribution is -0.142. The number of halogens is 4. The van der Waals surface area contributed by atoms with Crippen molar-refractivity contribution in [2.75, 3.05) is 0 Å². The number of carbonyl (C=O) groups is 1. The number of carboxylic acid groups (broad SMARTS) is 1. The molecule has 7 heteroatoms. The van der Waals surface area contributed by atoms with E-state index in [1.165, 1.54) is 12.1 Å². The summed E-state index contributed by atoms with van der Waals surface area (Å²) in [7, 11) is 0. The first kappa shape index (κ1) is 15.0. The van der Waals surface area contributed by atoms with Crippen molar-refractivity contribution in [2.45, 2.75) is 12.6 Å². The molecule has 2 aromatic rings. The summed E-state index contributed by atoms with van der Waals surface area (Å²) in [5, 5.41) is 8.79. The first-order valence-corrected chi connectivity index (χ1v) is 5.82. The number of alkyl halides is 3. The Balaban J connectivity index is 2.54. The van der Waals surface area contributed by atoms with Gasteiger partial charge >= 0.3 is 12.1 Å². The Morgan fingerprint density at radius 1 is 1.10 bits per heavy atom. The highest BCUT2D eigenvalue weighted by atomic mass is 19.4. The van der Waals surface area contributed by atoms with E-state index < -0.39 is 30.1 Å². The highest BCUT2D eigenvalue weighted by Crippen LogP contribution is 2.31. The van der Waals surface area contributed by atoms with Gasteiger partial charge in [-0.15, -0.1) is 0 Å². The molecule has 0 aliphatic heterocycles. The van der Waals surface area contributed by atoms with E-state index in [2.05, 4.69) is 4.98 Å². The number of hydrogen-bond acceptors (Lipinski definition) is 2. The zero-order valence-corrected chi connectivity index (χ0v) is 10.5. The molecule has 0 unspecified atom stereocenters. The molecule has 1 aromatic heterocycles. The average molecular weight is 299 g/mol. The summed E-state index contributed by atoms with van der Waals surface area (Å²) in [6.45, 7) is 0. The minimum Gasteiger partial charge on any atom is -0.481 e. The minimum atomic E-state index is -4.66. The summed E-state index contributed by atoms with van der Waals surface area (Å²) < 4.78 is 50.8. The van der Waals surface area contributed by atoms with Crippen LogP contribution in [0, 0.1) is 5.82 Å². The van der Waals surface area contributed by atoms with Gasteiger partial charge in [0.2, 0.25) is 0 Å². The smallest absolute Gasteiger partial charge is 0.433 e. The van der Waals surface area contributed by atoms with Gasteiger partial charge in [-0.25, -0.2) is 9.37 Å². The van der Waals surface area contributed by atoms with Crippen molar-refractivity contribution in [3.8, 4) is 11.1 Å². The summed E-state index contributed by atoms with van der Waals surface area (Å²) in [4.78, 5) is 14.2. The van der Waals surface area contributed by atoms with Crippen LogP contribution in [0.2, 0.25) is 0 Å². The molecule has 0 spiro atoms. The molecular weight excluding hydrogens is 290 g/mol. The van der Waals surface area contributed by atoms with Crippen LogP contribution in [-0.2, 0) is 17.4 Å². The van der Waals surface area contributed by atoms with Gasteiger partial charge in [0.05, 0.1) is 12.1 Å². The topological polar surface area (TPSA) is 50.2 Å². The molecule has 0 aliphatic rings. The third-order valence-electron chi connectivity index (χ3n) is 2.74. The maximum Gasteiger partial charge on any atom is 0.433 e. The van der Waals surface area contributed by atoms with Crippen molar-refractivity contribution < 1.29 is 27.5 Å². The maximum atomic E-state index is 12.9. The molecule has 2 rings (SSSR count). The molecule has 0 saturated carbocycles. The molecule has 0 amide bonds. The largest absolute Gasteiger partial charge is 0.481 e. The van der Waals surface area contributed by atoms with Crippen LogP contribution in [0.1, 0.15) is 11.4 Å². The predicted octanol–water partition coefficient (Wildman–Crippen LogP) is 3.53. The van der Waals surface area contributed by atoms with Crippen LogP contribution in [-0.4, -0.2) is 16.1 Å². The van der Waals surface area contributed by atoms with Crippen LogP contribution in [0.4, 0.5) is 17.6 Å². The molecule has 1 heterocycles. The van der Waals surface area contributed by atoms with Crippen molar-refractivity contribution in [2.24, 2.45) is 0 Å². The molecule has 0 saturated heterocycles. The van der Waals surface area contributed by atoms with E-state index in [0.717, 1.165) is 24.3 Å². The zero-order chi connectivity index (χ0) is 15.6. The average Bonchev–Trinajstić information content (AvgIpc) is 2.38. The van der Waals surface area contributed by atoms with Crippen LogP contribution in [0.3, 0.4) is 0 Å². The Hall–Kier alpha value is -2.44. The molecular formula is C14H9F4NO2. The van der Waals surface area contributed by atoms with Gasteiger partial charge in [0.25, 0.3) is 0 Å². The number of carboxylic acids is 1. The Bertz CT molecular complexity index is 666. The molecule has 0 fully saturated rings. The molecule has 0 bridgehead atoms. The molecule has 0 aliphatic carbocycles. The van der Waals surface area contributed by atoms with Gasteiger partial charge < -0.3 is 5.11 Å². The SMILES string of the molecule is O=C(O)Cc1nc(C(F)(F)F)ccc1-c1ccc(F)cc1. The maximum absolute atomic E-state index is 12.9. The van der Waals surface area contributed by atoms with Crippen molar-refractivity contribution in [3.05, 3.63) is 53.6 Å². The quantitative estimate of drug-likeness (QED) is 0.882. The second-order valence-electron chi connectivity index (χ2n) is 4.27. The molecule has 110 valence electrons. The van der Waals surface area contributed by atoms with Gasteiger partial charge in [-0.3, -0.25) is 4.79 Å². The van der Waals surface area contributed by atoms with Gasteiger partial charge in [-0.05, 0) is 23.8 Å². The number of hydrogen-bond donors (Lipinski definition) is 1. The van der Waals surface area contributed by atoms with E-state index in [9.17, 15) is 22.4 Å².